The molecule has 25 heavy (non-hydrogen) atoms. The lowest BCUT2D eigenvalue weighted by Gasteiger charge is -2.30. The van der Waals surface area contributed by atoms with Crippen molar-refractivity contribution < 1.29 is 4.42 Å². The van der Waals surface area contributed by atoms with E-state index in [1.54, 1.807) is 6.20 Å². The first kappa shape index (κ1) is 15.9. The van der Waals surface area contributed by atoms with Crippen LogP contribution in [0.2, 0.25) is 0 Å². The first-order chi connectivity index (χ1) is 12.3. The second kappa shape index (κ2) is 7.10. The van der Waals surface area contributed by atoms with Crippen LogP contribution in [0.4, 0.5) is 0 Å². The molecule has 1 atom stereocenters. The van der Waals surface area contributed by atoms with Gasteiger partial charge < -0.3 is 9.32 Å². The third-order valence-corrected chi connectivity index (χ3v) is 4.68. The van der Waals surface area contributed by atoms with Gasteiger partial charge in [0.05, 0.1) is 23.5 Å². The van der Waals surface area contributed by atoms with Gasteiger partial charge >= 0.3 is 0 Å². The molecule has 3 aromatic heterocycles. The van der Waals surface area contributed by atoms with Crippen LogP contribution in [0, 0.1) is 0 Å². The van der Waals surface area contributed by atoms with Crippen LogP contribution < -0.4 is 0 Å². The fraction of sp³-hybridized carbons (Fsp3) is 0.471. The van der Waals surface area contributed by atoms with Crippen LogP contribution in [0.3, 0.4) is 0 Å². The molecule has 0 spiro atoms. The van der Waals surface area contributed by atoms with Crippen molar-refractivity contribution in [2.75, 3.05) is 19.6 Å². The number of pyridine rings is 1. The minimum absolute atomic E-state index is 0.472. The molecule has 4 rings (SSSR count). The predicted molar refractivity (Wildman–Crippen MR) is 90.7 cm³/mol. The van der Waals surface area contributed by atoms with Gasteiger partial charge in [-0.3, -0.25) is 4.98 Å². The van der Waals surface area contributed by atoms with Crippen LogP contribution in [0.15, 0.2) is 35.3 Å². The molecule has 0 amide bonds. The Bertz CT molecular complexity index is 797. The monoisotopic (exact) mass is 339 g/mol. The lowest BCUT2D eigenvalue weighted by Crippen LogP contribution is -2.34. The van der Waals surface area contributed by atoms with Crippen molar-refractivity contribution >= 4 is 0 Å². The van der Waals surface area contributed by atoms with E-state index in [1.165, 1.54) is 25.8 Å². The molecule has 1 unspecified atom stereocenters. The molecule has 0 N–H and O–H groups in total. The Labute approximate surface area is 145 Å². The Morgan fingerprint density at radius 1 is 1.28 bits per heavy atom. The molecule has 3 aromatic rings. The van der Waals surface area contributed by atoms with E-state index in [4.69, 9.17) is 4.42 Å². The second-order valence-electron chi connectivity index (χ2n) is 6.36. The average molecular weight is 339 g/mol. The first-order valence-corrected chi connectivity index (χ1v) is 8.65. The second-order valence-corrected chi connectivity index (χ2v) is 6.36. The Balaban J connectivity index is 1.42. The van der Waals surface area contributed by atoms with Crippen molar-refractivity contribution in [2.45, 2.75) is 32.2 Å². The summed E-state index contributed by atoms with van der Waals surface area (Å²) >= 11 is 0. The number of rotatable bonds is 5. The normalized spacial score (nSPS) is 18.5. The van der Waals surface area contributed by atoms with Gasteiger partial charge in [0.15, 0.2) is 0 Å². The lowest BCUT2D eigenvalue weighted by molar-refractivity contribution is 0.216. The minimum atomic E-state index is 0.472. The van der Waals surface area contributed by atoms with Crippen LogP contribution in [0.1, 0.15) is 37.1 Å². The standard InChI is InChI=1S/C17H21N7O/c1-2-23-7-3-4-14(9-23)16-11-24(22-20-16)10-15-6-5-13(8-18-15)17-21-19-12-25-17/h5-6,8,11-12,14H,2-4,7,9-10H2,1H3. The summed E-state index contributed by atoms with van der Waals surface area (Å²) < 4.78 is 7.03. The van der Waals surface area contributed by atoms with Crippen molar-refractivity contribution in [3.63, 3.8) is 0 Å². The zero-order valence-corrected chi connectivity index (χ0v) is 14.2. The molecular weight excluding hydrogens is 318 g/mol. The third-order valence-electron chi connectivity index (χ3n) is 4.68. The van der Waals surface area contributed by atoms with Gasteiger partial charge in [-0.2, -0.15) is 0 Å². The zero-order valence-electron chi connectivity index (χ0n) is 14.2. The molecular formula is C17H21N7O. The van der Waals surface area contributed by atoms with Crippen molar-refractivity contribution in [2.24, 2.45) is 0 Å². The number of hydrogen-bond acceptors (Lipinski definition) is 7. The summed E-state index contributed by atoms with van der Waals surface area (Å²) in [5.74, 6) is 0.954. The summed E-state index contributed by atoms with van der Waals surface area (Å²) in [6, 6.07) is 3.87. The summed E-state index contributed by atoms with van der Waals surface area (Å²) in [5.41, 5.74) is 2.81. The highest BCUT2D eigenvalue weighted by molar-refractivity contribution is 5.50. The van der Waals surface area contributed by atoms with Gasteiger partial charge in [0, 0.05) is 24.9 Å². The average Bonchev–Trinajstić information content (AvgIpc) is 3.34. The van der Waals surface area contributed by atoms with E-state index >= 15 is 0 Å². The number of likely N-dealkylation sites (tertiary alicyclic amines) is 1. The van der Waals surface area contributed by atoms with E-state index in [1.807, 2.05) is 16.8 Å². The van der Waals surface area contributed by atoms with Gasteiger partial charge in [0.2, 0.25) is 12.3 Å². The van der Waals surface area contributed by atoms with Gasteiger partial charge in [0.1, 0.15) is 0 Å². The van der Waals surface area contributed by atoms with Gasteiger partial charge in [-0.25, -0.2) is 4.68 Å². The van der Waals surface area contributed by atoms with Crippen molar-refractivity contribution in [1.29, 1.82) is 0 Å². The van der Waals surface area contributed by atoms with E-state index < -0.39 is 0 Å². The van der Waals surface area contributed by atoms with Crippen LogP contribution in [0.25, 0.3) is 11.5 Å². The fourth-order valence-electron chi connectivity index (χ4n) is 3.27. The summed E-state index contributed by atoms with van der Waals surface area (Å²) in [6.07, 6.45) is 7.51. The molecule has 0 radical (unpaired) electrons. The molecule has 0 aromatic carbocycles. The molecule has 1 aliphatic heterocycles. The SMILES string of the molecule is CCN1CCCC(c2cn(Cc3ccc(-c4nnco4)cn3)nn2)C1. The van der Waals surface area contributed by atoms with Gasteiger partial charge in [-0.15, -0.1) is 15.3 Å². The topological polar surface area (TPSA) is 85.8 Å². The maximum atomic E-state index is 5.17. The maximum absolute atomic E-state index is 5.17. The summed E-state index contributed by atoms with van der Waals surface area (Å²) in [7, 11) is 0. The highest BCUT2D eigenvalue weighted by Crippen LogP contribution is 2.25. The summed E-state index contributed by atoms with van der Waals surface area (Å²) in [4.78, 5) is 6.93. The minimum Gasteiger partial charge on any atom is -0.423 e. The molecule has 130 valence electrons. The fourth-order valence-corrected chi connectivity index (χ4v) is 3.27. The molecule has 0 saturated carbocycles. The number of aromatic nitrogens is 6. The zero-order chi connectivity index (χ0) is 17.1. The molecule has 0 aliphatic carbocycles. The van der Waals surface area contributed by atoms with E-state index in [9.17, 15) is 0 Å². The number of nitrogens with zero attached hydrogens (tertiary/aromatic N) is 7. The van der Waals surface area contributed by atoms with E-state index in [-0.39, 0.29) is 0 Å². The lowest BCUT2D eigenvalue weighted by atomic mass is 9.95. The molecule has 1 aliphatic rings. The van der Waals surface area contributed by atoms with E-state index in [0.717, 1.165) is 30.0 Å². The molecule has 8 nitrogen and oxygen atoms in total. The number of hydrogen-bond donors (Lipinski definition) is 0. The van der Waals surface area contributed by atoms with Crippen LogP contribution in [0.5, 0.6) is 0 Å². The summed E-state index contributed by atoms with van der Waals surface area (Å²) in [6.45, 7) is 6.18. The highest BCUT2D eigenvalue weighted by atomic mass is 16.4. The quantitative estimate of drug-likeness (QED) is 0.702. The van der Waals surface area contributed by atoms with Gasteiger partial charge in [-0.1, -0.05) is 12.1 Å². The van der Waals surface area contributed by atoms with Crippen LogP contribution in [-0.2, 0) is 6.54 Å². The largest absolute Gasteiger partial charge is 0.423 e. The Morgan fingerprint density at radius 2 is 2.24 bits per heavy atom. The smallest absolute Gasteiger partial charge is 0.248 e. The van der Waals surface area contributed by atoms with Crippen LogP contribution in [-0.4, -0.2) is 54.7 Å². The number of piperidine rings is 1. The Kier molecular flexibility index (Phi) is 4.51. The molecule has 8 heteroatoms. The van der Waals surface area contributed by atoms with E-state index in [2.05, 4.69) is 43.5 Å². The number of likely N-dealkylation sites (N-methyl/N-ethyl adjacent to an activating group) is 1. The predicted octanol–water partition coefficient (Wildman–Crippen LogP) is 1.97. The highest BCUT2D eigenvalue weighted by Gasteiger charge is 2.22. The van der Waals surface area contributed by atoms with Gasteiger partial charge in [-0.05, 0) is 38.1 Å². The third kappa shape index (κ3) is 3.58. The van der Waals surface area contributed by atoms with Crippen LogP contribution >= 0.6 is 0 Å². The van der Waals surface area contributed by atoms with Crippen molar-refractivity contribution in [3.8, 4) is 11.5 Å². The first-order valence-electron chi connectivity index (χ1n) is 8.65. The van der Waals surface area contributed by atoms with Crippen molar-refractivity contribution in [1.82, 2.24) is 35.1 Å². The Hall–Kier alpha value is -2.61. The molecule has 1 fully saturated rings. The summed E-state index contributed by atoms with van der Waals surface area (Å²) in [5, 5.41) is 16.2. The Morgan fingerprint density at radius 3 is 3.00 bits per heavy atom. The molecule has 0 bridgehead atoms. The molecule has 4 heterocycles. The maximum Gasteiger partial charge on any atom is 0.248 e. The van der Waals surface area contributed by atoms with Gasteiger partial charge in [0.25, 0.3) is 0 Å². The van der Waals surface area contributed by atoms with E-state index in [0.29, 0.717) is 18.4 Å². The van der Waals surface area contributed by atoms with Crippen molar-refractivity contribution in [3.05, 3.63) is 42.3 Å². The molecule has 1 saturated heterocycles.